The molecule has 10 rings (SSSR count). The van der Waals surface area contributed by atoms with E-state index >= 15 is 0 Å². The molecule has 0 N–H and O–H groups in total. The van der Waals surface area contributed by atoms with E-state index in [1.54, 1.807) is 0 Å². The van der Waals surface area contributed by atoms with E-state index < -0.39 is 0 Å². The molecular weight excluding hydrogens is 924 g/mol. The maximum atomic E-state index is 5.62. The molecule has 3 aromatic heterocycles. The molecule has 0 aliphatic heterocycles. The van der Waals surface area contributed by atoms with Gasteiger partial charge in [0.1, 0.15) is 228 Å². The molecule has 0 saturated carbocycles. The lowest BCUT2D eigenvalue weighted by Gasteiger charge is -2.26. The van der Waals surface area contributed by atoms with E-state index in [1.165, 1.54) is 213 Å². The summed E-state index contributed by atoms with van der Waals surface area (Å²) in [5.41, 5.74) is 49.0. The molecule has 0 atom stereocenters. The maximum absolute atomic E-state index is 5.62. The lowest BCUT2D eigenvalue weighted by atomic mass is 9.60. The normalized spacial score (nSPS) is 11.7. The smallest absolute Gasteiger partial charge is 0.162 e. The van der Waals surface area contributed by atoms with Gasteiger partial charge in [-0.05, 0) is 16.2 Å². The second-order valence-electron chi connectivity index (χ2n) is 24.8. The molecule has 0 spiro atoms. The Balaban J connectivity index is 1.36. The van der Waals surface area contributed by atoms with Crippen LogP contribution in [0.25, 0.3) is 89.2 Å². The van der Waals surface area contributed by atoms with E-state index in [-0.39, 0.29) is 0 Å². The summed E-state index contributed by atoms with van der Waals surface area (Å²) in [6, 6.07) is 0. The van der Waals surface area contributed by atoms with Crippen molar-refractivity contribution in [3.63, 3.8) is 0 Å². The maximum Gasteiger partial charge on any atom is 0.162 e. The summed E-state index contributed by atoms with van der Waals surface area (Å²) in [4.78, 5) is 16.8. The van der Waals surface area contributed by atoms with Crippen molar-refractivity contribution in [1.29, 1.82) is 0 Å². The number of fused-ring (bicyclic) bond motifs is 6. The number of nitrogens with zero attached hydrogens (tertiary/aromatic N) is 5. The summed E-state index contributed by atoms with van der Waals surface area (Å²) in [5, 5.41) is 5.49. The molecule has 350 valence electrons. The summed E-state index contributed by atoms with van der Waals surface area (Å²) in [6.45, 7) is 0. The van der Waals surface area contributed by atoms with Gasteiger partial charge in [0.25, 0.3) is 0 Å². The van der Waals surface area contributed by atoms with Gasteiger partial charge in [-0.25, -0.2) is 15.0 Å². The van der Waals surface area contributed by atoms with Crippen LogP contribution in [0.5, 0.6) is 0 Å². The molecule has 0 amide bonds. The highest BCUT2D eigenvalue weighted by Crippen LogP contribution is 2.31. The summed E-state index contributed by atoms with van der Waals surface area (Å²) < 4.78 is 5.42. The van der Waals surface area contributed by atoms with Gasteiger partial charge in [0.05, 0.1) is 0 Å². The predicted molar refractivity (Wildman–Crippen MR) is 442 cm³/mol. The SMILES string of the molecule is Bc1c(B)c(B)c(-c2nc(-c3c(B)c(B)c(B)c(B)c3B)nc(-c3c(B)c(B)c(-n4c5c(B)c(B)c(B)c(B)c5c5c(B)c(-n6c7c(B)c(B)c(B)c(B)c7c7c(B)c(B)c(B)c(B)c76)c(B)c(B)c54)c(B)c3B)n2)c(B)c1B. The largest absolute Gasteiger partial charge is 0.312 e. The van der Waals surface area contributed by atoms with Crippen molar-refractivity contribution in [2.45, 2.75) is 0 Å². The highest BCUT2D eigenvalue weighted by Gasteiger charge is 2.31. The van der Waals surface area contributed by atoms with E-state index in [1.807, 2.05) is 0 Å². The molecule has 0 aliphatic rings. The third-order valence-electron chi connectivity index (χ3n) is 21.9. The molecule has 3 heterocycles. The third-order valence-corrected chi connectivity index (χ3v) is 21.9. The Labute approximate surface area is 495 Å². The molecule has 34 heteroatoms. The highest BCUT2D eigenvalue weighted by molar-refractivity contribution is 6.75. The van der Waals surface area contributed by atoms with Crippen LogP contribution in [0.4, 0.5) is 0 Å². The van der Waals surface area contributed by atoms with Crippen molar-refractivity contribution in [2.75, 3.05) is 0 Å². The minimum Gasteiger partial charge on any atom is -0.312 e. The Bertz CT molecular complexity index is 4290. The zero-order valence-corrected chi connectivity index (χ0v) is 53.7. The lowest BCUT2D eigenvalue weighted by Crippen LogP contribution is -2.55. The third kappa shape index (κ3) is 7.68. The first-order valence-electron chi connectivity index (χ1n) is 28.9. The Morgan fingerprint density at radius 3 is 0.595 bits per heavy atom. The first-order valence-corrected chi connectivity index (χ1v) is 28.9. The van der Waals surface area contributed by atoms with Crippen LogP contribution in [-0.2, 0) is 0 Å². The van der Waals surface area contributed by atoms with Gasteiger partial charge in [0.15, 0.2) is 17.5 Å². The molecule has 0 bridgehead atoms. The van der Waals surface area contributed by atoms with Crippen molar-refractivity contribution < 1.29 is 0 Å². The van der Waals surface area contributed by atoms with E-state index in [2.05, 4.69) is 237 Å². The summed E-state index contributed by atoms with van der Waals surface area (Å²) in [7, 11) is 67.1. The van der Waals surface area contributed by atoms with Crippen molar-refractivity contribution >= 4 is 430 Å². The minimum absolute atomic E-state index is 0.725. The Morgan fingerprint density at radius 2 is 0.329 bits per heavy atom. The van der Waals surface area contributed by atoms with E-state index in [0.29, 0.717) is 0 Å². The molecule has 0 aliphatic carbocycles. The van der Waals surface area contributed by atoms with Gasteiger partial charge in [-0.15, -0.1) is 49.2 Å². The van der Waals surface area contributed by atoms with Crippen LogP contribution in [0.15, 0.2) is 0 Å². The van der Waals surface area contributed by atoms with Crippen molar-refractivity contribution in [3.05, 3.63) is 0 Å². The van der Waals surface area contributed by atoms with Gasteiger partial charge in [-0.2, -0.15) is 0 Å². The fraction of sp³-hybridized carbons (Fsp3) is 0. The van der Waals surface area contributed by atoms with Gasteiger partial charge >= 0.3 is 0 Å². The summed E-state index contributed by atoms with van der Waals surface area (Å²) >= 11 is 0. The van der Waals surface area contributed by atoms with Gasteiger partial charge in [-0.1, -0.05) is 109 Å². The lowest BCUT2D eigenvalue weighted by molar-refractivity contribution is 1.08. The second kappa shape index (κ2) is 19.6. The molecule has 0 saturated heterocycles. The average molecular weight is 983 g/mol. The number of aromatic nitrogens is 5. The van der Waals surface area contributed by atoms with Gasteiger partial charge in [0, 0.05) is 55.5 Å². The fourth-order valence-corrected chi connectivity index (χ4v) is 14.7. The molecule has 0 fully saturated rings. The van der Waals surface area contributed by atoms with Crippen LogP contribution in [0.2, 0.25) is 0 Å². The van der Waals surface area contributed by atoms with Crippen LogP contribution in [0.1, 0.15) is 0 Å². The Hall–Kier alpha value is -4.97. The Morgan fingerprint density at radius 1 is 0.165 bits per heavy atom. The molecule has 79 heavy (non-hydrogen) atoms. The Kier molecular flexibility index (Phi) is 14.2. The monoisotopic (exact) mass is 988 g/mol. The highest BCUT2D eigenvalue weighted by atomic mass is 15.0. The van der Waals surface area contributed by atoms with Crippen LogP contribution >= 0.6 is 0 Å². The number of rotatable bonds is 5. The molecule has 0 unspecified atom stereocenters. The molecule has 10 aromatic rings. The standard InChI is InChI=1S/C45H58B29N5/c46-8-1-2-9(47)19(57)28(66)33(71)38(2)78(37(1)32(70)27(65)18(8)56)41-17(55)4-3-10(48)20(58)29(67)34(72)39(3)79(40(4)35(73)36(41)74)42-30(68)15(53)7(16(54)31(42)69)45-76-43(5-11(49)21(59)25(63)22(60)12(5)50)75-44(77-45)6-13(51)23(61)26(64)24(62)14(6)52/h46-74H2. The number of hydrogen-bond donors (Lipinski definition) is 0. The minimum atomic E-state index is 0.725. The molecule has 7 aromatic carbocycles. The van der Waals surface area contributed by atoms with Crippen LogP contribution in [0, 0.1) is 0 Å². The molecular formula is C45H58B29N5. The van der Waals surface area contributed by atoms with Crippen molar-refractivity contribution in [3.8, 4) is 45.5 Å². The van der Waals surface area contributed by atoms with Gasteiger partial charge in [-0.3, -0.25) is 0 Å². The van der Waals surface area contributed by atoms with Gasteiger partial charge < -0.3 is 9.13 Å². The molecule has 5 nitrogen and oxygen atoms in total. The average Bonchev–Trinajstić information content (AvgIpc) is 3.96. The van der Waals surface area contributed by atoms with Crippen LogP contribution in [0.3, 0.4) is 0 Å². The quantitative estimate of drug-likeness (QED) is 0.161. The van der Waals surface area contributed by atoms with E-state index in [9.17, 15) is 0 Å². The van der Waals surface area contributed by atoms with Crippen LogP contribution in [-0.4, -0.2) is 252 Å². The van der Waals surface area contributed by atoms with E-state index in [0.717, 1.165) is 34.2 Å². The fourth-order valence-electron chi connectivity index (χ4n) is 14.7. The molecule has 0 radical (unpaired) electrons. The second-order valence-corrected chi connectivity index (χ2v) is 24.8. The number of benzene rings is 7. The first kappa shape index (κ1) is 57.3. The predicted octanol–water partition coefficient (Wildman–Crippen LogP) is -39.4. The van der Waals surface area contributed by atoms with Crippen molar-refractivity contribution in [2.24, 2.45) is 0 Å². The van der Waals surface area contributed by atoms with Crippen LogP contribution < -0.4 is 158 Å². The number of hydrogen-bond acceptors (Lipinski definition) is 3. The zero-order valence-electron chi connectivity index (χ0n) is 53.7. The zero-order chi connectivity index (χ0) is 58.3. The summed E-state index contributed by atoms with van der Waals surface area (Å²) in [6.07, 6.45) is 0. The van der Waals surface area contributed by atoms with Gasteiger partial charge in [0.2, 0.25) is 0 Å². The topological polar surface area (TPSA) is 48.5 Å². The first-order chi connectivity index (χ1) is 36.9. The van der Waals surface area contributed by atoms with E-state index in [4.69, 9.17) is 15.0 Å². The summed E-state index contributed by atoms with van der Waals surface area (Å²) in [5.74, 6) is 2.20. The van der Waals surface area contributed by atoms with Crippen molar-refractivity contribution in [1.82, 2.24) is 24.1 Å².